The van der Waals surface area contributed by atoms with Crippen LogP contribution in [-0.4, -0.2) is 53.1 Å². The lowest BCUT2D eigenvalue weighted by atomic mass is 9.72. The molecule has 1 aromatic rings. The van der Waals surface area contributed by atoms with E-state index in [1.807, 2.05) is 29.2 Å². The zero-order chi connectivity index (χ0) is 17.9. The van der Waals surface area contributed by atoms with Crippen molar-refractivity contribution in [3.8, 4) is 6.07 Å². The molecule has 1 spiro atoms. The number of rotatable bonds is 4. The summed E-state index contributed by atoms with van der Waals surface area (Å²) in [4.78, 5) is 16.4. The number of aliphatic hydroxyl groups is 1. The Morgan fingerprint density at radius 2 is 1.92 bits per heavy atom. The second kappa shape index (κ2) is 7.55. The summed E-state index contributed by atoms with van der Waals surface area (Å²) in [7, 11) is 0. The number of hydrogen-bond donors (Lipinski definition) is 1. The van der Waals surface area contributed by atoms with Gasteiger partial charge in [0.25, 0.3) is 0 Å². The summed E-state index contributed by atoms with van der Waals surface area (Å²) < 4.78 is 0. The predicted molar refractivity (Wildman–Crippen MR) is 95.6 cm³/mol. The van der Waals surface area contributed by atoms with Crippen molar-refractivity contribution in [3.63, 3.8) is 0 Å². The third-order valence-corrected chi connectivity index (χ3v) is 5.64. The van der Waals surface area contributed by atoms with Crippen molar-refractivity contribution in [2.45, 2.75) is 45.3 Å². The van der Waals surface area contributed by atoms with Gasteiger partial charge in [-0.2, -0.15) is 5.26 Å². The topological polar surface area (TPSA) is 67.6 Å². The number of benzene rings is 1. The fraction of sp³-hybridized carbons (Fsp3) is 0.600. The maximum Gasteiger partial charge on any atom is 0.222 e. The average Bonchev–Trinajstić information content (AvgIpc) is 2.61. The van der Waals surface area contributed by atoms with E-state index < -0.39 is 6.10 Å². The summed E-state index contributed by atoms with van der Waals surface area (Å²) in [5.74, 6) is 0.187. The minimum Gasteiger partial charge on any atom is -0.392 e. The molecular weight excluding hydrogens is 314 g/mol. The maximum absolute atomic E-state index is 12.1. The number of carbonyl (C=O) groups excluding carboxylic acids is 1. The minimum atomic E-state index is -0.462. The Morgan fingerprint density at radius 3 is 2.52 bits per heavy atom. The Bertz CT molecular complexity index is 640. The first-order chi connectivity index (χ1) is 12.0. The number of likely N-dealkylation sites (tertiary alicyclic amines) is 2. The molecule has 0 bridgehead atoms. The zero-order valence-electron chi connectivity index (χ0n) is 14.9. The number of hydrogen-bond acceptors (Lipinski definition) is 4. The summed E-state index contributed by atoms with van der Waals surface area (Å²) in [5, 5.41) is 18.5. The first-order valence-electron chi connectivity index (χ1n) is 9.17. The van der Waals surface area contributed by atoms with Crippen LogP contribution in [0.5, 0.6) is 0 Å². The Morgan fingerprint density at radius 1 is 1.24 bits per heavy atom. The number of carbonyl (C=O) groups is 1. The van der Waals surface area contributed by atoms with Gasteiger partial charge >= 0.3 is 0 Å². The van der Waals surface area contributed by atoms with E-state index in [1.165, 1.54) is 5.56 Å². The molecule has 3 rings (SSSR count). The molecule has 2 heterocycles. The molecule has 25 heavy (non-hydrogen) atoms. The molecule has 5 nitrogen and oxygen atoms in total. The lowest BCUT2D eigenvalue weighted by Crippen LogP contribution is -2.52. The SMILES string of the molecule is CC(O)CN1CC2(CCC1=O)CCN(Cc1ccc(C#N)cc1)CC2. The standard InChI is InChI=1S/C20H27N3O2/c1-16(24)13-23-15-20(7-6-19(23)25)8-10-22(11-9-20)14-18-4-2-17(12-21)3-5-18/h2-5,16,24H,6-11,13-15H2,1H3. The highest BCUT2D eigenvalue weighted by atomic mass is 16.3. The Kier molecular flexibility index (Phi) is 5.41. The third kappa shape index (κ3) is 4.39. The normalized spacial score (nSPS) is 22.0. The third-order valence-electron chi connectivity index (χ3n) is 5.64. The van der Waals surface area contributed by atoms with Gasteiger partial charge < -0.3 is 10.0 Å². The highest BCUT2D eigenvalue weighted by Crippen LogP contribution is 2.40. The van der Waals surface area contributed by atoms with Crippen molar-refractivity contribution < 1.29 is 9.90 Å². The van der Waals surface area contributed by atoms with E-state index in [2.05, 4.69) is 11.0 Å². The van der Waals surface area contributed by atoms with Crippen molar-refractivity contribution in [1.29, 1.82) is 5.26 Å². The van der Waals surface area contributed by atoms with Crippen molar-refractivity contribution >= 4 is 5.91 Å². The molecule has 1 aromatic carbocycles. The molecule has 2 fully saturated rings. The quantitative estimate of drug-likeness (QED) is 0.911. The van der Waals surface area contributed by atoms with Crippen molar-refractivity contribution in [2.24, 2.45) is 5.41 Å². The Balaban J connectivity index is 1.55. The Hall–Kier alpha value is -1.90. The molecule has 2 aliphatic rings. The highest BCUT2D eigenvalue weighted by molar-refractivity contribution is 5.77. The van der Waals surface area contributed by atoms with Crippen molar-refractivity contribution in [1.82, 2.24) is 9.80 Å². The van der Waals surface area contributed by atoms with Crippen LogP contribution in [0.1, 0.15) is 43.7 Å². The second-order valence-corrected chi connectivity index (χ2v) is 7.71. The predicted octanol–water partition coefficient (Wildman–Crippen LogP) is 2.14. The minimum absolute atomic E-state index is 0.187. The summed E-state index contributed by atoms with van der Waals surface area (Å²) >= 11 is 0. The molecule has 2 aliphatic heterocycles. The molecule has 134 valence electrons. The molecule has 0 radical (unpaired) electrons. The van der Waals surface area contributed by atoms with Gasteiger partial charge in [0, 0.05) is 26.1 Å². The average molecular weight is 341 g/mol. The fourth-order valence-corrected chi connectivity index (χ4v) is 4.12. The molecule has 1 amide bonds. The second-order valence-electron chi connectivity index (χ2n) is 7.71. The summed E-state index contributed by atoms with van der Waals surface area (Å²) in [6.07, 6.45) is 3.34. The van der Waals surface area contributed by atoms with Gasteiger partial charge in [-0.1, -0.05) is 12.1 Å². The largest absolute Gasteiger partial charge is 0.392 e. The molecule has 0 aliphatic carbocycles. The van der Waals surface area contributed by atoms with Crippen LogP contribution in [-0.2, 0) is 11.3 Å². The zero-order valence-corrected chi connectivity index (χ0v) is 14.9. The molecule has 1 unspecified atom stereocenters. The van der Waals surface area contributed by atoms with Crippen LogP contribution in [0.2, 0.25) is 0 Å². The van der Waals surface area contributed by atoms with E-state index in [0.717, 1.165) is 45.4 Å². The number of nitrogens with zero attached hydrogens (tertiary/aromatic N) is 3. The first-order valence-corrected chi connectivity index (χ1v) is 9.17. The smallest absolute Gasteiger partial charge is 0.222 e. The van der Waals surface area contributed by atoms with E-state index in [-0.39, 0.29) is 11.3 Å². The van der Waals surface area contributed by atoms with Crippen molar-refractivity contribution in [3.05, 3.63) is 35.4 Å². The molecule has 0 saturated carbocycles. The van der Waals surface area contributed by atoms with Gasteiger partial charge in [-0.05, 0) is 62.4 Å². The van der Waals surface area contributed by atoms with E-state index in [1.54, 1.807) is 6.92 Å². The van der Waals surface area contributed by atoms with Crippen LogP contribution in [0.3, 0.4) is 0 Å². The van der Waals surface area contributed by atoms with Crippen LogP contribution in [0.15, 0.2) is 24.3 Å². The lowest BCUT2D eigenvalue weighted by Gasteiger charge is -2.47. The Labute approximate surface area is 149 Å². The van der Waals surface area contributed by atoms with E-state index in [9.17, 15) is 9.90 Å². The van der Waals surface area contributed by atoms with Gasteiger partial charge in [-0.3, -0.25) is 9.69 Å². The lowest BCUT2D eigenvalue weighted by molar-refractivity contribution is -0.140. The van der Waals surface area contributed by atoms with Gasteiger partial charge in [0.05, 0.1) is 17.7 Å². The highest BCUT2D eigenvalue weighted by Gasteiger charge is 2.40. The first kappa shape index (κ1) is 17.9. The summed E-state index contributed by atoms with van der Waals surface area (Å²) in [5.41, 5.74) is 2.17. The van der Waals surface area contributed by atoms with Gasteiger partial charge in [0.15, 0.2) is 0 Å². The van der Waals surface area contributed by atoms with Crippen LogP contribution in [0.25, 0.3) is 0 Å². The number of β-amino-alcohol motifs (C(OH)–C–C–N with tert-alkyl or cyclic N) is 1. The van der Waals surface area contributed by atoms with Gasteiger partial charge in [0.2, 0.25) is 5.91 Å². The fourth-order valence-electron chi connectivity index (χ4n) is 4.12. The van der Waals surface area contributed by atoms with Gasteiger partial charge in [-0.15, -0.1) is 0 Å². The van der Waals surface area contributed by atoms with Crippen LogP contribution < -0.4 is 0 Å². The molecule has 1 atom stereocenters. The van der Waals surface area contributed by atoms with Crippen LogP contribution in [0.4, 0.5) is 0 Å². The van der Waals surface area contributed by atoms with Gasteiger partial charge in [-0.25, -0.2) is 0 Å². The maximum atomic E-state index is 12.1. The van der Waals surface area contributed by atoms with E-state index >= 15 is 0 Å². The molecule has 5 heteroatoms. The number of nitriles is 1. The summed E-state index contributed by atoms with van der Waals surface area (Å²) in [6.45, 7) is 5.98. The molecule has 1 N–H and O–H groups in total. The summed E-state index contributed by atoms with van der Waals surface area (Å²) in [6, 6.07) is 9.98. The van der Waals surface area contributed by atoms with Gasteiger partial charge in [0.1, 0.15) is 0 Å². The monoisotopic (exact) mass is 341 g/mol. The van der Waals surface area contributed by atoms with Crippen molar-refractivity contribution in [2.75, 3.05) is 26.2 Å². The van der Waals surface area contributed by atoms with E-state index in [0.29, 0.717) is 18.5 Å². The molecule has 2 saturated heterocycles. The number of amides is 1. The number of aliphatic hydroxyl groups excluding tert-OH is 1. The van der Waals surface area contributed by atoms with E-state index in [4.69, 9.17) is 5.26 Å². The molecule has 0 aromatic heterocycles. The van der Waals surface area contributed by atoms with Crippen LogP contribution in [0, 0.1) is 16.7 Å². The number of piperidine rings is 2. The molecular formula is C20H27N3O2. The van der Waals surface area contributed by atoms with Crippen LogP contribution >= 0.6 is 0 Å².